The van der Waals surface area contributed by atoms with Crippen molar-refractivity contribution in [3.63, 3.8) is 0 Å². The minimum atomic E-state index is -1.22. The lowest BCUT2D eigenvalue weighted by atomic mass is 10.2. The first kappa shape index (κ1) is 6.84. The number of nitrogens with two attached hydrogens (primary N) is 4. The predicted octanol–water partition coefficient (Wildman–Crippen LogP) is -2.14. The Hall–Kier alpha value is -0.160. The molecule has 0 saturated carbocycles. The van der Waals surface area contributed by atoms with Crippen LogP contribution in [0.3, 0.4) is 0 Å². The Morgan fingerprint density at radius 3 is 1.43 bits per heavy atom. The maximum atomic E-state index is 5.19. The van der Waals surface area contributed by atoms with Crippen molar-refractivity contribution in [2.24, 2.45) is 22.9 Å². The van der Waals surface area contributed by atoms with E-state index in [-0.39, 0.29) is 6.04 Å². The van der Waals surface area contributed by atoms with E-state index in [1.165, 1.54) is 0 Å². The van der Waals surface area contributed by atoms with Crippen molar-refractivity contribution in [2.75, 3.05) is 0 Å². The molecule has 1 unspecified atom stereocenters. The van der Waals surface area contributed by atoms with Crippen molar-refractivity contribution in [3.8, 4) is 0 Å². The van der Waals surface area contributed by atoms with Crippen molar-refractivity contribution >= 4 is 0 Å². The maximum absolute atomic E-state index is 5.19. The summed E-state index contributed by atoms with van der Waals surface area (Å²) in [5.74, 6) is -1.22. The zero-order valence-electron chi connectivity index (χ0n) is 4.39. The van der Waals surface area contributed by atoms with Gasteiger partial charge in [-0.2, -0.15) is 0 Å². The van der Waals surface area contributed by atoms with Crippen LogP contribution in [0.5, 0.6) is 0 Å². The van der Waals surface area contributed by atoms with Gasteiger partial charge < -0.3 is 5.73 Å². The van der Waals surface area contributed by atoms with Crippen LogP contribution in [0, 0.1) is 0 Å². The largest absolute Gasteiger partial charge is 0.324 e. The van der Waals surface area contributed by atoms with E-state index < -0.39 is 5.79 Å². The summed E-state index contributed by atoms with van der Waals surface area (Å²) in [4.78, 5) is 0. The molecule has 0 aliphatic heterocycles. The Bertz CT molecular complexity index is 52.4. The molecule has 0 spiro atoms. The maximum Gasteiger partial charge on any atom is 0.131 e. The Balaban J connectivity index is 3.54. The van der Waals surface area contributed by atoms with E-state index in [9.17, 15) is 0 Å². The van der Waals surface area contributed by atoms with Gasteiger partial charge in [-0.15, -0.1) is 0 Å². The van der Waals surface area contributed by atoms with Crippen LogP contribution in [0.15, 0.2) is 0 Å². The van der Waals surface area contributed by atoms with Gasteiger partial charge in [-0.05, 0) is 6.92 Å². The van der Waals surface area contributed by atoms with Crippen LogP contribution in [0.25, 0.3) is 0 Å². The SMILES string of the molecule is CC(N)C(N)(N)N. The second-order valence-electron chi connectivity index (χ2n) is 1.79. The average molecular weight is 104 g/mol. The van der Waals surface area contributed by atoms with Crippen molar-refractivity contribution in [1.82, 2.24) is 0 Å². The fraction of sp³-hybridized carbons (Fsp3) is 1.00. The van der Waals surface area contributed by atoms with Gasteiger partial charge in [0.05, 0.1) is 0 Å². The lowest BCUT2D eigenvalue weighted by molar-refractivity contribution is 0.387. The predicted molar refractivity (Wildman–Crippen MR) is 28.9 cm³/mol. The summed E-state index contributed by atoms with van der Waals surface area (Å²) in [6.07, 6.45) is 0. The van der Waals surface area contributed by atoms with Crippen molar-refractivity contribution < 1.29 is 0 Å². The van der Waals surface area contributed by atoms with E-state index in [0.29, 0.717) is 0 Å². The average Bonchev–Trinajstić information content (AvgIpc) is 1.31. The molecule has 0 rings (SSSR count). The fourth-order valence-corrected chi connectivity index (χ4v) is 0. The van der Waals surface area contributed by atoms with Gasteiger partial charge in [0, 0.05) is 6.04 Å². The van der Waals surface area contributed by atoms with Crippen molar-refractivity contribution in [1.29, 1.82) is 0 Å². The highest BCUT2D eigenvalue weighted by molar-refractivity contribution is 4.77. The molecule has 4 heteroatoms. The summed E-state index contributed by atoms with van der Waals surface area (Å²) in [7, 11) is 0. The summed E-state index contributed by atoms with van der Waals surface area (Å²) in [6.45, 7) is 1.65. The fourth-order valence-electron chi connectivity index (χ4n) is 0. The molecule has 4 nitrogen and oxygen atoms in total. The number of hydrogen-bond donors (Lipinski definition) is 4. The Kier molecular flexibility index (Phi) is 1.71. The third kappa shape index (κ3) is 2.52. The van der Waals surface area contributed by atoms with E-state index in [1.807, 2.05) is 0 Å². The second kappa shape index (κ2) is 1.75. The number of rotatable bonds is 1. The highest BCUT2D eigenvalue weighted by Crippen LogP contribution is 1.81. The standard InChI is InChI=1S/C3H12N4/c1-2(4)3(5,6)7/h2H,4-7H2,1H3. The molecule has 1 atom stereocenters. The van der Waals surface area contributed by atoms with Crippen LogP contribution in [-0.2, 0) is 0 Å². The highest BCUT2D eigenvalue weighted by Gasteiger charge is 2.16. The van der Waals surface area contributed by atoms with Crippen LogP contribution in [0.1, 0.15) is 6.92 Å². The van der Waals surface area contributed by atoms with Crippen LogP contribution in [0.2, 0.25) is 0 Å². The second-order valence-corrected chi connectivity index (χ2v) is 1.79. The van der Waals surface area contributed by atoms with E-state index in [4.69, 9.17) is 22.9 Å². The van der Waals surface area contributed by atoms with E-state index in [0.717, 1.165) is 0 Å². The molecule has 0 aromatic heterocycles. The molecule has 0 bridgehead atoms. The molecule has 0 fully saturated rings. The lowest BCUT2D eigenvalue weighted by Crippen LogP contribution is -2.67. The molecule has 0 aromatic rings. The van der Waals surface area contributed by atoms with Crippen LogP contribution in [-0.4, -0.2) is 11.8 Å². The monoisotopic (exact) mass is 104 g/mol. The van der Waals surface area contributed by atoms with Gasteiger partial charge in [-0.3, -0.25) is 17.2 Å². The summed E-state index contributed by atoms with van der Waals surface area (Å²) in [5, 5.41) is 0. The van der Waals surface area contributed by atoms with Gasteiger partial charge in [0.1, 0.15) is 5.79 Å². The van der Waals surface area contributed by atoms with E-state index in [2.05, 4.69) is 0 Å². The van der Waals surface area contributed by atoms with E-state index in [1.54, 1.807) is 6.92 Å². The topological polar surface area (TPSA) is 104 Å². The summed E-state index contributed by atoms with van der Waals surface area (Å²) in [5.41, 5.74) is 20.5. The van der Waals surface area contributed by atoms with Gasteiger partial charge in [-0.1, -0.05) is 0 Å². The smallest absolute Gasteiger partial charge is 0.131 e. The minimum absolute atomic E-state index is 0.368. The van der Waals surface area contributed by atoms with E-state index >= 15 is 0 Å². The molecule has 0 aromatic carbocycles. The van der Waals surface area contributed by atoms with Gasteiger partial charge in [-0.25, -0.2) is 0 Å². The zero-order valence-corrected chi connectivity index (χ0v) is 4.39. The normalized spacial score (nSPS) is 16.7. The summed E-state index contributed by atoms with van der Waals surface area (Å²) >= 11 is 0. The van der Waals surface area contributed by atoms with Crippen LogP contribution < -0.4 is 22.9 Å². The molecular weight excluding hydrogens is 92.1 g/mol. The number of hydrogen-bond acceptors (Lipinski definition) is 4. The third-order valence-corrected chi connectivity index (χ3v) is 0.789. The zero-order chi connectivity index (χ0) is 6.08. The molecule has 0 aliphatic rings. The molecular formula is C3H12N4. The molecule has 0 amide bonds. The van der Waals surface area contributed by atoms with Crippen molar-refractivity contribution in [3.05, 3.63) is 0 Å². The van der Waals surface area contributed by atoms with Gasteiger partial charge in [0.15, 0.2) is 0 Å². The third-order valence-electron chi connectivity index (χ3n) is 0.789. The highest BCUT2D eigenvalue weighted by atomic mass is 15.2. The Morgan fingerprint density at radius 2 is 1.43 bits per heavy atom. The first-order valence-corrected chi connectivity index (χ1v) is 2.07. The minimum Gasteiger partial charge on any atom is -0.324 e. The quantitative estimate of drug-likeness (QED) is 0.285. The molecule has 0 saturated heterocycles. The van der Waals surface area contributed by atoms with Gasteiger partial charge in [0.2, 0.25) is 0 Å². The lowest BCUT2D eigenvalue weighted by Gasteiger charge is -2.22. The molecule has 0 heterocycles. The molecule has 0 radical (unpaired) electrons. The Morgan fingerprint density at radius 1 is 1.29 bits per heavy atom. The molecule has 0 aliphatic carbocycles. The summed E-state index contributed by atoms with van der Waals surface area (Å²) in [6, 6.07) is -0.368. The molecule has 7 heavy (non-hydrogen) atoms. The first-order chi connectivity index (χ1) is 2.94. The van der Waals surface area contributed by atoms with Crippen LogP contribution in [0.4, 0.5) is 0 Å². The molecule has 8 N–H and O–H groups in total. The summed E-state index contributed by atoms with van der Waals surface area (Å²) < 4.78 is 0. The van der Waals surface area contributed by atoms with Gasteiger partial charge in [0.25, 0.3) is 0 Å². The molecule has 44 valence electrons. The van der Waals surface area contributed by atoms with Gasteiger partial charge >= 0.3 is 0 Å². The Labute approximate surface area is 42.8 Å². The first-order valence-electron chi connectivity index (χ1n) is 2.07. The van der Waals surface area contributed by atoms with Crippen molar-refractivity contribution in [2.45, 2.75) is 18.8 Å². The van der Waals surface area contributed by atoms with Crippen LogP contribution >= 0.6 is 0 Å².